The standard InChI is InChI=1S/C24H27FO4S.C16H13FO2S/c1-23(2,3)29-22(27)24(4,5)28-21-14-8-16(15-19(21)25)7-13-20(26)17-9-11-18(30-6)12-10-17;1-20-13-6-4-12(5-7-13)15(18)8-2-11-3-9-16(19)14(17)10-11/h7-15H,1-6H3;2-10,19H,1H3/b13-7+;8-2+. The van der Waals surface area contributed by atoms with Crippen molar-refractivity contribution in [2.24, 2.45) is 0 Å². The summed E-state index contributed by atoms with van der Waals surface area (Å²) in [6.45, 7) is 8.30. The van der Waals surface area contributed by atoms with Crippen LogP contribution in [-0.2, 0) is 9.53 Å². The maximum absolute atomic E-state index is 14.5. The van der Waals surface area contributed by atoms with Gasteiger partial charge in [0.25, 0.3) is 0 Å². The number of phenols is 1. The van der Waals surface area contributed by atoms with Gasteiger partial charge in [-0.1, -0.05) is 24.3 Å². The van der Waals surface area contributed by atoms with E-state index in [1.807, 2.05) is 36.8 Å². The molecule has 4 aromatic carbocycles. The van der Waals surface area contributed by atoms with Crippen LogP contribution in [0.5, 0.6) is 11.5 Å². The smallest absolute Gasteiger partial charge is 0.350 e. The van der Waals surface area contributed by atoms with Crippen molar-refractivity contribution in [3.63, 3.8) is 0 Å². The van der Waals surface area contributed by atoms with Crippen LogP contribution in [0.25, 0.3) is 12.2 Å². The summed E-state index contributed by atoms with van der Waals surface area (Å²) >= 11 is 3.21. The lowest BCUT2D eigenvalue weighted by Crippen LogP contribution is -2.43. The fraction of sp³-hybridized carbons (Fsp3) is 0.225. The van der Waals surface area contributed by atoms with Crippen LogP contribution in [0.1, 0.15) is 66.5 Å². The molecule has 0 aliphatic rings. The number of allylic oxidation sites excluding steroid dienone is 2. The highest BCUT2D eigenvalue weighted by atomic mass is 32.2. The predicted molar refractivity (Wildman–Crippen MR) is 198 cm³/mol. The average molecular weight is 719 g/mol. The molecule has 262 valence electrons. The summed E-state index contributed by atoms with van der Waals surface area (Å²) in [5.74, 6) is -2.71. The number of rotatable bonds is 11. The molecular formula is C40H40F2O6S2. The SMILES string of the molecule is CSc1ccc(C(=O)/C=C/c2ccc(O)c(F)c2)cc1.CSc1ccc(C(=O)/C=C/c2ccc(OC(C)(C)C(=O)OC(C)(C)C)c(F)c2)cc1. The van der Waals surface area contributed by atoms with E-state index in [0.29, 0.717) is 22.3 Å². The Morgan fingerprint density at radius 1 is 0.660 bits per heavy atom. The summed E-state index contributed by atoms with van der Waals surface area (Å²) in [6, 6.07) is 22.8. The van der Waals surface area contributed by atoms with Crippen LogP contribution in [0.3, 0.4) is 0 Å². The van der Waals surface area contributed by atoms with E-state index in [1.54, 1.807) is 80.7 Å². The maximum atomic E-state index is 14.5. The molecule has 0 heterocycles. The summed E-state index contributed by atoms with van der Waals surface area (Å²) in [7, 11) is 0. The molecule has 0 radical (unpaired) electrons. The lowest BCUT2D eigenvalue weighted by Gasteiger charge is -2.29. The van der Waals surface area contributed by atoms with Crippen molar-refractivity contribution in [1.29, 1.82) is 0 Å². The Bertz CT molecular complexity index is 1860. The lowest BCUT2D eigenvalue weighted by molar-refractivity contribution is -0.171. The first kappa shape index (κ1) is 39.8. The van der Waals surface area contributed by atoms with Crippen LogP contribution in [0.15, 0.2) is 107 Å². The summed E-state index contributed by atoms with van der Waals surface area (Å²) in [6.07, 6.45) is 9.78. The van der Waals surface area contributed by atoms with Gasteiger partial charge in [0.1, 0.15) is 5.60 Å². The third-order valence-electron chi connectivity index (χ3n) is 6.79. The number of aromatic hydroxyl groups is 1. The fourth-order valence-electron chi connectivity index (χ4n) is 4.09. The van der Waals surface area contributed by atoms with Gasteiger partial charge in [0.05, 0.1) is 0 Å². The van der Waals surface area contributed by atoms with Crippen LogP contribution in [-0.4, -0.2) is 46.4 Å². The maximum Gasteiger partial charge on any atom is 0.350 e. The molecule has 0 unspecified atom stereocenters. The topological polar surface area (TPSA) is 89.9 Å². The van der Waals surface area contributed by atoms with E-state index in [2.05, 4.69) is 0 Å². The Morgan fingerprint density at radius 3 is 1.50 bits per heavy atom. The van der Waals surface area contributed by atoms with Crippen molar-refractivity contribution >= 4 is 53.2 Å². The zero-order valence-electron chi connectivity index (χ0n) is 29.0. The van der Waals surface area contributed by atoms with E-state index in [9.17, 15) is 23.2 Å². The second-order valence-electron chi connectivity index (χ2n) is 12.4. The van der Waals surface area contributed by atoms with E-state index in [1.165, 1.54) is 62.4 Å². The first-order valence-electron chi connectivity index (χ1n) is 15.4. The molecule has 0 fully saturated rings. The number of carbonyl (C=O) groups is 3. The molecule has 10 heteroatoms. The van der Waals surface area contributed by atoms with Crippen LogP contribution in [0, 0.1) is 11.6 Å². The number of esters is 1. The molecule has 0 saturated heterocycles. The number of hydrogen-bond acceptors (Lipinski definition) is 8. The van der Waals surface area contributed by atoms with Gasteiger partial charge in [-0.25, -0.2) is 13.6 Å². The number of benzene rings is 4. The number of halogens is 2. The first-order valence-corrected chi connectivity index (χ1v) is 17.9. The second kappa shape index (κ2) is 17.8. The van der Waals surface area contributed by atoms with Gasteiger partial charge in [0.2, 0.25) is 0 Å². The van der Waals surface area contributed by atoms with Gasteiger partial charge in [-0.15, -0.1) is 23.5 Å². The molecular weight excluding hydrogens is 679 g/mol. The van der Waals surface area contributed by atoms with Gasteiger partial charge in [-0.2, -0.15) is 0 Å². The molecule has 0 amide bonds. The highest BCUT2D eigenvalue weighted by Crippen LogP contribution is 2.26. The van der Waals surface area contributed by atoms with Crippen molar-refractivity contribution in [2.45, 2.75) is 55.6 Å². The van der Waals surface area contributed by atoms with Gasteiger partial charge in [-0.3, -0.25) is 9.59 Å². The summed E-state index contributed by atoms with van der Waals surface area (Å²) in [5, 5.41) is 9.08. The predicted octanol–water partition coefficient (Wildman–Crippen LogP) is 10.1. The molecule has 0 saturated carbocycles. The molecule has 0 aromatic heterocycles. The van der Waals surface area contributed by atoms with Crippen molar-refractivity contribution < 1.29 is 37.7 Å². The lowest BCUT2D eigenvalue weighted by atomic mass is 10.1. The summed E-state index contributed by atoms with van der Waals surface area (Å²) in [4.78, 5) is 38.7. The average Bonchev–Trinajstić information content (AvgIpc) is 3.08. The summed E-state index contributed by atoms with van der Waals surface area (Å²) in [5.41, 5.74) is 0.137. The minimum absolute atomic E-state index is 0.0676. The Labute approximate surface area is 300 Å². The normalized spacial score (nSPS) is 11.6. The molecule has 0 bridgehead atoms. The number of hydrogen-bond donors (Lipinski definition) is 1. The van der Waals surface area contributed by atoms with Crippen LogP contribution in [0.2, 0.25) is 0 Å². The molecule has 1 N–H and O–H groups in total. The molecule has 0 spiro atoms. The molecule has 6 nitrogen and oxygen atoms in total. The zero-order chi connectivity index (χ0) is 37.1. The van der Waals surface area contributed by atoms with E-state index in [0.717, 1.165) is 9.79 Å². The summed E-state index contributed by atoms with van der Waals surface area (Å²) < 4.78 is 38.5. The minimum Gasteiger partial charge on any atom is -0.505 e. The van der Waals surface area contributed by atoms with Crippen LogP contribution < -0.4 is 4.74 Å². The third-order valence-corrected chi connectivity index (χ3v) is 8.27. The Hall–Kier alpha value is -4.67. The quantitative estimate of drug-likeness (QED) is 0.0710. The van der Waals surface area contributed by atoms with E-state index < -0.39 is 34.6 Å². The molecule has 4 aromatic rings. The largest absolute Gasteiger partial charge is 0.505 e. The number of ether oxygens (including phenoxy) is 2. The van der Waals surface area contributed by atoms with Crippen LogP contribution >= 0.6 is 23.5 Å². The van der Waals surface area contributed by atoms with Crippen LogP contribution in [0.4, 0.5) is 8.78 Å². The van der Waals surface area contributed by atoms with Gasteiger partial charge in [-0.05, 0) is 143 Å². The van der Waals surface area contributed by atoms with Gasteiger partial charge >= 0.3 is 5.97 Å². The first-order chi connectivity index (χ1) is 23.5. The van der Waals surface area contributed by atoms with Crippen molar-refractivity contribution in [3.8, 4) is 11.5 Å². The van der Waals surface area contributed by atoms with Gasteiger partial charge in [0, 0.05) is 20.9 Å². The monoisotopic (exact) mass is 718 g/mol. The Kier molecular flexibility index (Phi) is 14.2. The second-order valence-corrected chi connectivity index (χ2v) is 14.1. The van der Waals surface area contributed by atoms with Gasteiger partial charge in [0.15, 0.2) is 40.3 Å². The Balaban J connectivity index is 0.000000292. The number of thioether (sulfide) groups is 2. The third kappa shape index (κ3) is 12.3. The minimum atomic E-state index is -1.36. The van der Waals surface area contributed by atoms with E-state index >= 15 is 0 Å². The highest BCUT2D eigenvalue weighted by molar-refractivity contribution is 7.98. The Morgan fingerprint density at radius 2 is 1.10 bits per heavy atom. The van der Waals surface area contributed by atoms with Crippen molar-refractivity contribution in [1.82, 2.24) is 0 Å². The molecule has 4 rings (SSSR count). The zero-order valence-corrected chi connectivity index (χ0v) is 30.6. The molecule has 0 aliphatic heterocycles. The fourth-order valence-corrected chi connectivity index (χ4v) is 4.91. The van der Waals surface area contributed by atoms with E-state index in [4.69, 9.17) is 14.6 Å². The number of ketones is 2. The van der Waals surface area contributed by atoms with Crippen molar-refractivity contribution in [3.05, 3.63) is 131 Å². The number of carbonyl (C=O) groups excluding carboxylic acids is 3. The van der Waals surface area contributed by atoms with Gasteiger partial charge < -0.3 is 14.6 Å². The van der Waals surface area contributed by atoms with E-state index in [-0.39, 0.29) is 17.3 Å². The van der Waals surface area contributed by atoms with Crippen molar-refractivity contribution in [2.75, 3.05) is 12.5 Å². The molecule has 0 aliphatic carbocycles. The highest BCUT2D eigenvalue weighted by Gasteiger charge is 2.35. The molecule has 0 atom stereocenters. The number of phenolic OH excluding ortho intramolecular Hbond substituents is 1. The molecule has 50 heavy (non-hydrogen) atoms.